The molecular weight excluding hydrogens is 530 g/mol. The second-order valence-corrected chi connectivity index (χ2v) is 10.0. The third-order valence-electron chi connectivity index (χ3n) is 4.72. The minimum Gasteiger partial charge on any atom is -0.496 e. The molecule has 0 fully saturated rings. The molecule has 9 heteroatoms. The highest BCUT2D eigenvalue weighted by Gasteiger charge is 2.30. The molecule has 0 aromatic heterocycles. The molecule has 3 rings (SSSR count). The summed E-state index contributed by atoms with van der Waals surface area (Å²) < 4.78 is 38.7. The molecule has 0 aliphatic heterocycles. The number of anilines is 1. The number of halogens is 2. The van der Waals surface area contributed by atoms with Crippen LogP contribution in [0.3, 0.4) is 0 Å². The lowest BCUT2D eigenvalue weighted by atomic mass is 10.2. The number of carbonyl (C=O) groups is 1. The van der Waals surface area contributed by atoms with Crippen LogP contribution in [-0.4, -0.2) is 28.5 Å². The Kier molecular flexibility index (Phi) is 7.84. The van der Waals surface area contributed by atoms with Crippen molar-refractivity contribution >= 4 is 55.2 Å². The first kappa shape index (κ1) is 24.8. The average molecular weight is 551 g/mol. The van der Waals surface area contributed by atoms with Crippen LogP contribution in [0.2, 0.25) is 5.02 Å². The predicted molar refractivity (Wildman–Crippen MR) is 134 cm³/mol. The maximum atomic E-state index is 13.5. The van der Waals surface area contributed by atoms with Crippen molar-refractivity contribution in [3.63, 3.8) is 0 Å². The van der Waals surface area contributed by atoms with Crippen molar-refractivity contribution in [1.29, 1.82) is 0 Å². The van der Waals surface area contributed by atoms with E-state index >= 15 is 0 Å². The predicted octanol–water partition coefficient (Wildman–Crippen LogP) is 5.86. The average Bonchev–Trinajstić information content (AvgIpc) is 2.78. The quantitative estimate of drug-likeness (QED) is 0.344. The summed E-state index contributed by atoms with van der Waals surface area (Å²) in [4.78, 5) is 13.2. The second-order valence-electron chi connectivity index (χ2n) is 6.97. The first-order valence-corrected chi connectivity index (χ1v) is 12.3. The Hall–Kier alpha value is -2.81. The third kappa shape index (κ3) is 5.58. The number of nitrogens with zero attached hydrogens (tertiary/aromatic N) is 1. The summed E-state index contributed by atoms with van der Waals surface area (Å²) in [5.74, 6) is 0.234. The van der Waals surface area contributed by atoms with Crippen LogP contribution in [0.15, 0.2) is 76.1 Å². The Morgan fingerprint density at radius 2 is 1.61 bits per heavy atom. The zero-order valence-electron chi connectivity index (χ0n) is 18.1. The Labute approximate surface area is 206 Å². The number of methoxy groups -OCH3 is 2. The van der Waals surface area contributed by atoms with E-state index in [1.165, 1.54) is 49.6 Å². The smallest absolute Gasteiger partial charge is 0.271 e. The highest BCUT2D eigenvalue weighted by molar-refractivity contribution is 9.10. The van der Waals surface area contributed by atoms with Crippen molar-refractivity contribution in [2.24, 2.45) is 0 Å². The summed E-state index contributed by atoms with van der Waals surface area (Å²) in [5.41, 5.74) is 1.66. The number of aryl methyl sites for hydroxylation is 1. The van der Waals surface area contributed by atoms with Crippen LogP contribution in [0.1, 0.15) is 11.1 Å². The molecule has 0 spiro atoms. The first-order valence-electron chi connectivity index (χ1n) is 9.68. The van der Waals surface area contributed by atoms with E-state index in [9.17, 15) is 13.2 Å². The van der Waals surface area contributed by atoms with Crippen LogP contribution in [-0.2, 0) is 14.8 Å². The van der Waals surface area contributed by atoms with E-state index in [1.54, 1.807) is 37.4 Å². The molecule has 33 heavy (non-hydrogen) atoms. The van der Waals surface area contributed by atoms with Gasteiger partial charge in [-0.3, -0.25) is 4.79 Å². The van der Waals surface area contributed by atoms with Gasteiger partial charge in [0, 0.05) is 6.08 Å². The highest BCUT2D eigenvalue weighted by Crippen LogP contribution is 2.32. The summed E-state index contributed by atoms with van der Waals surface area (Å²) in [7, 11) is -1.23. The van der Waals surface area contributed by atoms with Crippen molar-refractivity contribution in [2.75, 3.05) is 18.5 Å². The number of sulfonamides is 1. The standard InChI is InChI=1S/C24H21BrClNO5S/c1-16-4-9-19(10-5-16)33(29,30)27(18-8-12-23(32-3)21(26)15-18)24(28)13-7-17-6-11-22(31-2)20(25)14-17/h4-15H,1-3H3/b13-7+. The largest absolute Gasteiger partial charge is 0.496 e. The summed E-state index contributed by atoms with van der Waals surface area (Å²) in [6.07, 6.45) is 2.72. The van der Waals surface area contributed by atoms with Crippen LogP contribution < -0.4 is 13.8 Å². The Morgan fingerprint density at radius 1 is 0.970 bits per heavy atom. The van der Waals surface area contributed by atoms with Gasteiger partial charge in [-0.1, -0.05) is 35.4 Å². The van der Waals surface area contributed by atoms with Gasteiger partial charge in [0.25, 0.3) is 15.9 Å². The van der Waals surface area contributed by atoms with Gasteiger partial charge < -0.3 is 9.47 Å². The van der Waals surface area contributed by atoms with Crippen molar-refractivity contribution in [1.82, 2.24) is 0 Å². The van der Waals surface area contributed by atoms with Gasteiger partial charge in [0.2, 0.25) is 0 Å². The van der Waals surface area contributed by atoms with E-state index in [0.717, 1.165) is 9.87 Å². The molecule has 0 unspecified atom stereocenters. The highest BCUT2D eigenvalue weighted by atomic mass is 79.9. The van der Waals surface area contributed by atoms with Crippen molar-refractivity contribution < 1.29 is 22.7 Å². The van der Waals surface area contributed by atoms with Crippen LogP contribution in [0.5, 0.6) is 11.5 Å². The lowest BCUT2D eigenvalue weighted by Crippen LogP contribution is -2.35. The molecule has 3 aromatic carbocycles. The summed E-state index contributed by atoms with van der Waals surface area (Å²) >= 11 is 9.61. The lowest BCUT2D eigenvalue weighted by molar-refractivity contribution is -0.113. The number of benzene rings is 3. The van der Waals surface area contributed by atoms with Crippen LogP contribution in [0.25, 0.3) is 6.08 Å². The zero-order valence-corrected chi connectivity index (χ0v) is 21.2. The van der Waals surface area contributed by atoms with Gasteiger partial charge in [0.1, 0.15) is 11.5 Å². The van der Waals surface area contributed by atoms with Crippen molar-refractivity contribution in [3.05, 3.63) is 87.4 Å². The molecule has 172 valence electrons. The summed E-state index contributed by atoms with van der Waals surface area (Å²) in [6, 6.07) is 15.8. The fraction of sp³-hybridized carbons (Fsp3) is 0.125. The summed E-state index contributed by atoms with van der Waals surface area (Å²) in [6.45, 7) is 1.85. The van der Waals surface area contributed by atoms with E-state index in [2.05, 4.69) is 15.9 Å². The third-order valence-corrected chi connectivity index (χ3v) is 7.38. The fourth-order valence-electron chi connectivity index (χ4n) is 3.00. The van der Waals surface area contributed by atoms with E-state index in [4.69, 9.17) is 21.1 Å². The molecule has 0 aliphatic carbocycles. The van der Waals surface area contributed by atoms with Gasteiger partial charge in [-0.15, -0.1) is 0 Å². The molecule has 0 heterocycles. The minimum atomic E-state index is -4.23. The molecule has 0 bridgehead atoms. The fourth-order valence-corrected chi connectivity index (χ4v) is 5.19. The minimum absolute atomic E-state index is 0.0195. The first-order chi connectivity index (χ1) is 15.7. The SMILES string of the molecule is COc1ccc(N(C(=O)/C=C/c2ccc(OC)c(Br)c2)S(=O)(=O)c2ccc(C)cc2)cc1Cl. The Balaban J connectivity index is 2.06. The zero-order chi connectivity index (χ0) is 24.2. The van der Waals surface area contributed by atoms with Crippen molar-refractivity contribution in [3.8, 4) is 11.5 Å². The number of hydrogen-bond acceptors (Lipinski definition) is 5. The normalized spacial score (nSPS) is 11.4. The topological polar surface area (TPSA) is 72.9 Å². The number of hydrogen-bond donors (Lipinski definition) is 0. The number of carbonyl (C=O) groups excluding carboxylic acids is 1. The molecule has 0 radical (unpaired) electrons. The Morgan fingerprint density at radius 3 is 2.18 bits per heavy atom. The van der Waals surface area contributed by atoms with Crippen LogP contribution >= 0.6 is 27.5 Å². The van der Waals surface area contributed by atoms with E-state index < -0.39 is 15.9 Å². The molecule has 0 atom stereocenters. The lowest BCUT2D eigenvalue weighted by Gasteiger charge is -2.22. The van der Waals surface area contributed by atoms with E-state index in [1.807, 2.05) is 6.92 Å². The van der Waals surface area contributed by atoms with Gasteiger partial charge in [0.15, 0.2) is 0 Å². The van der Waals surface area contributed by atoms with E-state index in [0.29, 0.717) is 21.5 Å². The van der Waals surface area contributed by atoms with Gasteiger partial charge in [-0.2, -0.15) is 4.31 Å². The second kappa shape index (κ2) is 10.4. The van der Waals surface area contributed by atoms with Gasteiger partial charge in [-0.25, -0.2) is 8.42 Å². The van der Waals surface area contributed by atoms with Gasteiger partial charge in [0.05, 0.1) is 34.3 Å². The molecule has 0 aliphatic rings. The van der Waals surface area contributed by atoms with Crippen molar-refractivity contribution in [2.45, 2.75) is 11.8 Å². The van der Waals surface area contributed by atoms with Crippen LogP contribution in [0, 0.1) is 6.92 Å². The Bertz CT molecular complexity index is 1310. The van der Waals surface area contributed by atoms with Gasteiger partial charge >= 0.3 is 0 Å². The maximum Gasteiger partial charge on any atom is 0.271 e. The summed E-state index contributed by atoms with van der Waals surface area (Å²) in [5, 5.41) is 0.176. The number of amides is 1. The molecule has 3 aromatic rings. The number of ether oxygens (including phenoxy) is 2. The molecule has 0 N–H and O–H groups in total. The van der Waals surface area contributed by atoms with Gasteiger partial charge in [-0.05, 0) is 77.0 Å². The molecule has 6 nitrogen and oxygen atoms in total. The molecule has 0 saturated carbocycles. The molecule has 1 amide bonds. The number of rotatable bonds is 7. The van der Waals surface area contributed by atoms with Crippen LogP contribution in [0.4, 0.5) is 5.69 Å². The molecule has 0 saturated heterocycles. The van der Waals surface area contributed by atoms with E-state index in [-0.39, 0.29) is 15.6 Å². The molecular formula is C24H21BrClNO5S. The monoisotopic (exact) mass is 549 g/mol. The maximum absolute atomic E-state index is 13.5.